The number of hydrogen-bond acceptors (Lipinski definition) is 5. The average molecular weight is 335 g/mol. The molecule has 0 amide bonds. The van der Waals surface area contributed by atoms with E-state index in [1.54, 1.807) is 13.3 Å². The summed E-state index contributed by atoms with van der Waals surface area (Å²) in [5.41, 5.74) is 1.10. The number of ether oxygens (including phenoxy) is 1. The van der Waals surface area contributed by atoms with E-state index < -0.39 is 0 Å². The molecule has 0 aromatic carbocycles. The molecule has 1 aromatic heterocycles. The quantitative estimate of drug-likeness (QED) is 0.625. The standard InChI is InChI=1S/C17H29N5O2/c1-18-16(19-13-15-5-10-24-21-15)20-14-17(6-3-2-4-7-17)22-8-11-23-12-9-22/h5,10H,2-4,6-9,11-14H2,1H3,(H2,18,19,20). The Labute approximate surface area is 143 Å². The molecule has 3 rings (SSSR count). The third kappa shape index (κ3) is 4.27. The molecule has 1 aliphatic carbocycles. The van der Waals surface area contributed by atoms with Crippen molar-refractivity contribution in [3.63, 3.8) is 0 Å². The van der Waals surface area contributed by atoms with Gasteiger partial charge in [0, 0.05) is 38.3 Å². The van der Waals surface area contributed by atoms with Gasteiger partial charge in [-0.25, -0.2) is 0 Å². The van der Waals surface area contributed by atoms with Crippen LogP contribution in [0.25, 0.3) is 0 Å². The molecule has 2 fully saturated rings. The normalized spacial score (nSPS) is 22.3. The van der Waals surface area contributed by atoms with Crippen LogP contribution < -0.4 is 10.6 Å². The van der Waals surface area contributed by atoms with Crippen LogP contribution in [0.5, 0.6) is 0 Å². The minimum Gasteiger partial charge on any atom is -0.379 e. The average Bonchev–Trinajstić information content (AvgIpc) is 3.17. The molecular weight excluding hydrogens is 306 g/mol. The third-order valence-electron chi connectivity index (χ3n) is 5.20. The zero-order chi connectivity index (χ0) is 16.7. The summed E-state index contributed by atoms with van der Waals surface area (Å²) >= 11 is 0. The lowest BCUT2D eigenvalue weighted by atomic mass is 9.80. The highest BCUT2D eigenvalue weighted by molar-refractivity contribution is 5.79. The first-order valence-electron chi connectivity index (χ1n) is 8.99. The Morgan fingerprint density at radius 1 is 1.25 bits per heavy atom. The highest BCUT2D eigenvalue weighted by Crippen LogP contribution is 2.33. The van der Waals surface area contributed by atoms with Crippen molar-refractivity contribution in [2.75, 3.05) is 39.9 Å². The molecule has 7 nitrogen and oxygen atoms in total. The van der Waals surface area contributed by atoms with Gasteiger partial charge in [-0.3, -0.25) is 9.89 Å². The summed E-state index contributed by atoms with van der Waals surface area (Å²) in [7, 11) is 1.81. The van der Waals surface area contributed by atoms with Gasteiger partial charge in [0.1, 0.15) is 12.0 Å². The van der Waals surface area contributed by atoms with E-state index in [0.717, 1.165) is 44.5 Å². The largest absolute Gasteiger partial charge is 0.379 e. The molecule has 1 aromatic rings. The summed E-state index contributed by atoms with van der Waals surface area (Å²) in [6.45, 7) is 5.30. The van der Waals surface area contributed by atoms with Gasteiger partial charge in [-0.05, 0) is 12.8 Å². The number of hydrogen-bond donors (Lipinski definition) is 2. The van der Waals surface area contributed by atoms with Crippen LogP contribution in [0.15, 0.2) is 21.8 Å². The molecule has 1 aliphatic heterocycles. The van der Waals surface area contributed by atoms with E-state index in [2.05, 4.69) is 25.7 Å². The van der Waals surface area contributed by atoms with E-state index in [1.165, 1.54) is 32.1 Å². The van der Waals surface area contributed by atoms with Crippen molar-refractivity contribution in [3.8, 4) is 0 Å². The second-order valence-corrected chi connectivity index (χ2v) is 6.65. The van der Waals surface area contributed by atoms with Crippen molar-refractivity contribution in [1.82, 2.24) is 20.7 Å². The smallest absolute Gasteiger partial charge is 0.191 e. The lowest BCUT2D eigenvalue weighted by molar-refractivity contribution is -0.0352. The van der Waals surface area contributed by atoms with Gasteiger partial charge in [-0.15, -0.1) is 0 Å². The van der Waals surface area contributed by atoms with Crippen molar-refractivity contribution in [1.29, 1.82) is 0 Å². The van der Waals surface area contributed by atoms with Gasteiger partial charge in [-0.2, -0.15) is 0 Å². The molecule has 0 bridgehead atoms. The van der Waals surface area contributed by atoms with Gasteiger partial charge in [0.05, 0.1) is 19.8 Å². The van der Waals surface area contributed by atoms with E-state index in [-0.39, 0.29) is 5.54 Å². The molecule has 0 unspecified atom stereocenters. The maximum Gasteiger partial charge on any atom is 0.191 e. The van der Waals surface area contributed by atoms with Crippen LogP contribution in [0.1, 0.15) is 37.8 Å². The Morgan fingerprint density at radius 3 is 2.71 bits per heavy atom. The molecular formula is C17H29N5O2. The maximum atomic E-state index is 5.55. The Morgan fingerprint density at radius 2 is 2.04 bits per heavy atom. The van der Waals surface area contributed by atoms with Crippen molar-refractivity contribution in [2.45, 2.75) is 44.2 Å². The molecule has 0 radical (unpaired) electrons. The lowest BCUT2D eigenvalue weighted by Gasteiger charge is -2.48. The number of aliphatic imine (C=N–C) groups is 1. The molecule has 2 aliphatic rings. The van der Waals surface area contributed by atoms with Crippen LogP contribution in [0.2, 0.25) is 0 Å². The summed E-state index contributed by atoms with van der Waals surface area (Å²) in [6, 6.07) is 1.86. The maximum absolute atomic E-state index is 5.55. The predicted octanol–water partition coefficient (Wildman–Crippen LogP) is 1.37. The summed E-state index contributed by atoms with van der Waals surface area (Å²) in [5.74, 6) is 0.816. The van der Waals surface area contributed by atoms with E-state index in [4.69, 9.17) is 9.26 Å². The minimum atomic E-state index is 0.230. The first kappa shape index (κ1) is 17.2. The van der Waals surface area contributed by atoms with Crippen molar-refractivity contribution in [3.05, 3.63) is 18.0 Å². The fraction of sp³-hybridized carbons (Fsp3) is 0.765. The fourth-order valence-electron chi connectivity index (χ4n) is 3.82. The fourth-order valence-corrected chi connectivity index (χ4v) is 3.82. The number of nitrogens with one attached hydrogen (secondary N) is 2. The van der Waals surface area contributed by atoms with Gasteiger partial charge >= 0.3 is 0 Å². The first-order chi connectivity index (χ1) is 11.8. The number of morpholine rings is 1. The van der Waals surface area contributed by atoms with Crippen molar-refractivity contribution >= 4 is 5.96 Å². The van der Waals surface area contributed by atoms with E-state index >= 15 is 0 Å². The molecule has 7 heteroatoms. The summed E-state index contributed by atoms with van der Waals surface area (Å²) in [4.78, 5) is 6.97. The second-order valence-electron chi connectivity index (χ2n) is 6.65. The highest BCUT2D eigenvalue weighted by atomic mass is 16.5. The Hall–Kier alpha value is -1.60. The highest BCUT2D eigenvalue weighted by Gasteiger charge is 2.38. The Balaban J connectivity index is 1.57. The van der Waals surface area contributed by atoms with E-state index in [1.807, 2.05) is 6.07 Å². The molecule has 1 saturated heterocycles. The molecule has 2 N–H and O–H groups in total. The predicted molar refractivity (Wildman–Crippen MR) is 92.9 cm³/mol. The van der Waals surface area contributed by atoms with Gasteiger partial charge in [0.25, 0.3) is 0 Å². The zero-order valence-electron chi connectivity index (χ0n) is 14.6. The van der Waals surface area contributed by atoms with Crippen LogP contribution >= 0.6 is 0 Å². The lowest BCUT2D eigenvalue weighted by Crippen LogP contribution is -2.60. The molecule has 0 atom stereocenters. The van der Waals surface area contributed by atoms with E-state index in [9.17, 15) is 0 Å². The summed E-state index contributed by atoms with van der Waals surface area (Å²) in [5, 5.41) is 10.8. The molecule has 24 heavy (non-hydrogen) atoms. The van der Waals surface area contributed by atoms with Crippen LogP contribution in [-0.2, 0) is 11.3 Å². The van der Waals surface area contributed by atoms with Crippen LogP contribution in [-0.4, -0.2) is 61.5 Å². The van der Waals surface area contributed by atoms with E-state index in [0.29, 0.717) is 6.54 Å². The Bertz CT molecular complexity index is 505. The van der Waals surface area contributed by atoms with Crippen molar-refractivity contribution < 1.29 is 9.26 Å². The molecule has 1 saturated carbocycles. The van der Waals surface area contributed by atoms with Gasteiger partial charge in [0.2, 0.25) is 0 Å². The third-order valence-corrected chi connectivity index (χ3v) is 5.20. The molecule has 0 spiro atoms. The second kappa shape index (κ2) is 8.48. The SMILES string of the molecule is CN=C(NCc1ccon1)NCC1(N2CCOCC2)CCCCC1. The summed E-state index contributed by atoms with van der Waals surface area (Å²) < 4.78 is 10.4. The van der Waals surface area contributed by atoms with Gasteiger partial charge in [0.15, 0.2) is 5.96 Å². The summed E-state index contributed by atoms with van der Waals surface area (Å²) in [6.07, 6.45) is 8.06. The number of rotatable bonds is 5. The molecule has 2 heterocycles. The van der Waals surface area contributed by atoms with Crippen LogP contribution in [0, 0.1) is 0 Å². The van der Waals surface area contributed by atoms with Crippen molar-refractivity contribution in [2.24, 2.45) is 4.99 Å². The minimum absolute atomic E-state index is 0.230. The topological polar surface area (TPSA) is 74.9 Å². The monoisotopic (exact) mass is 335 g/mol. The number of aromatic nitrogens is 1. The Kier molecular flexibility index (Phi) is 6.09. The first-order valence-corrected chi connectivity index (χ1v) is 8.99. The van der Waals surface area contributed by atoms with Crippen LogP contribution in [0.3, 0.4) is 0 Å². The van der Waals surface area contributed by atoms with Crippen LogP contribution in [0.4, 0.5) is 0 Å². The van der Waals surface area contributed by atoms with Gasteiger partial charge < -0.3 is 19.9 Å². The number of guanidine groups is 1. The van der Waals surface area contributed by atoms with Gasteiger partial charge in [-0.1, -0.05) is 24.4 Å². The number of nitrogens with zero attached hydrogens (tertiary/aromatic N) is 3. The zero-order valence-corrected chi connectivity index (χ0v) is 14.6. The molecule has 134 valence electrons.